The van der Waals surface area contributed by atoms with E-state index >= 15 is 0 Å². The lowest BCUT2D eigenvalue weighted by atomic mass is 9.98. The Morgan fingerprint density at radius 2 is 2.04 bits per heavy atom. The van der Waals surface area contributed by atoms with E-state index in [4.69, 9.17) is 4.74 Å². The van der Waals surface area contributed by atoms with E-state index in [1.54, 1.807) is 0 Å². The molecule has 3 rings (SSSR count). The first kappa shape index (κ1) is 17.3. The summed E-state index contributed by atoms with van der Waals surface area (Å²) in [6.45, 7) is 5.51. The lowest BCUT2D eigenvalue weighted by molar-refractivity contribution is -0.126. The minimum Gasteiger partial charge on any atom is -0.494 e. The number of hydrogen-bond donors (Lipinski definition) is 1. The fourth-order valence-corrected chi connectivity index (χ4v) is 4.15. The van der Waals surface area contributed by atoms with Crippen molar-refractivity contribution >= 4 is 5.91 Å². The fourth-order valence-electron chi connectivity index (χ4n) is 4.15. The molecule has 132 valence electrons. The van der Waals surface area contributed by atoms with Gasteiger partial charge in [-0.05, 0) is 45.2 Å². The third-order valence-electron chi connectivity index (χ3n) is 5.35. The van der Waals surface area contributed by atoms with E-state index in [-0.39, 0.29) is 11.8 Å². The van der Waals surface area contributed by atoms with Gasteiger partial charge in [-0.15, -0.1) is 0 Å². The van der Waals surface area contributed by atoms with Crippen molar-refractivity contribution in [3.63, 3.8) is 0 Å². The molecular formula is C20H30N2O2. The lowest BCUT2D eigenvalue weighted by Crippen LogP contribution is -2.45. The number of nitrogens with zero attached hydrogens (tertiary/aromatic N) is 1. The molecule has 1 amide bonds. The van der Waals surface area contributed by atoms with Crippen LogP contribution >= 0.6 is 0 Å². The smallest absolute Gasteiger partial charge is 0.224 e. The predicted molar refractivity (Wildman–Crippen MR) is 96.0 cm³/mol. The molecule has 2 aliphatic rings. The normalized spacial score (nSPS) is 25.8. The molecule has 1 aromatic rings. The Hall–Kier alpha value is -1.55. The summed E-state index contributed by atoms with van der Waals surface area (Å²) in [5.41, 5.74) is 1.24. The molecule has 4 nitrogen and oxygen atoms in total. The van der Waals surface area contributed by atoms with Gasteiger partial charge in [0.1, 0.15) is 5.75 Å². The van der Waals surface area contributed by atoms with Gasteiger partial charge in [0.2, 0.25) is 5.91 Å². The van der Waals surface area contributed by atoms with Crippen molar-refractivity contribution in [2.24, 2.45) is 5.92 Å². The molecule has 0 bridgehead atoms. The molecule has 2 atom stereocenters. The number of amides is 1. The zero-order valence-corrected chi connectivity index (χ0v) is 14.8. The highest BCUT2D eigenvalue weighted by molar-refractivity contribution is 5.79. The monoisotopic (exact) mass is 330 g/mol. The number of fused-ring (bicyclic) bond motifs is 1. The van der Waals surface area contributed by atoms with E-state index in [1.807, 2.05) is 13.0 Å². The van der Waals surface area contributed by atoms with E-state index in [2.05, 4.69) is 28.4 Å². The highest BCUT2D eigenvalue weighted by atomic mass is 16.5. The molecule has 24 heavy (non-hydrogen) atoms. The van der Waals surface area contributed by atoms with Crippen molar-refractivity contribution in [2.75, 3.05) is 19.7 Å². The first-order valence-corrected chi connectivity index (χ1v) is 9.52. The van der Waals surface area contributed by atoms with Gasteiger partial charge < -0.3 is 10.1 Å². The zero-order valence-electron chi connectivity index (χ0n) is 14.8. The topological polar surface area (TPSA) is 41.6 Å². The molecule has 2 fully saturated rings. The van der Waals surface area contributed by atoms with Crippen molar-refractivity contribution in [1.82, 2.24) is 10.2 Å². The van der Waals surface area contributed by atoms with Crippen LogP contribution in [-0.4, -0.2) is 36.5 Å². The molecule has 1 aliphatic heterocycles. The third kappa shape index (κ3) is 4.10. The van der Waals surface area contributed by atoms with Crippen molar-refractivity contribution in [3.8, 4) is 5.75 Å². The Bertz CT molecular complexity index is 546. The lowest BCUT2D eigenvalue weighted by Gasteiger charge is -2.34. The Morgan fingerprint density at radius 3 is 2.92 bits per heavy atom. The molecule has 4 heteroatoms. The predicted octanol–water partition coefficient (Wildman–Crippen LogP) is 3.36. The summed E-state index contributed by atoms with van der Waals surface area (Å²) in [5.74, 6) is 1.40. The van der Waals surface area contributed by atoms with Crippen LogP contribution in [0.1, 0.15) is 51.0 Å². The highest BCUT2D eigenvalue weighted by Gasteiger charge is 2.37. The first-order valence-electron chi connectivity index (χ1n) is 9.52. The third-order valence-corrected chi connectivity index (χ3v) is 5.35. The standard InChI is InChI=1S/C20H30N2O2/c1-2-24-19-12-5-4-9-16(19)15-22-14-7-3-6-13-21-20(23)17-10-8-11-18(17)22/h4-5,9,12,17-18H,2-3,6-8,10-11,13-15H2,1H3,(H,21,23). The molecule has 1 saturated carbocycles. The second kappa shape index (κ2) is 8.52. The fraction of sp³-hybridized carbons (Fsp3) is 0.650. The highest BCUT2D eigenvalue weighted by Crippen LogP contribution is 2.33. The van der Waals surface area contributed by atoms with Crippen molar-refractivity contribution in [1.29, 1.82) is 0 Å². The summed E-state index contributed by atoms with van der Waals surface area (Å²) < 4.78 is 5.81. The van der Waals surface area contributed by atoms with Gasteiger partial charge in [-0.1, -0.05) is 31.0 Å². The summed E-state index contributed by atoms with van der Waals surface area (Å²) in [5, 5.41) is 3.15. The first-order chi connectivity index (χ1) is 11.8. The summed E-state index contributed by atoms with van der Waals surface area (Å²) in [6.07, 6.45) is 6.80. The van der Waals surface area contributed by atoms with Gasteiger partial charge >= 0.3 is 0 Å². The maximum atomic E-state index is 12.5. The van der Waals surface area contributed by atoms with Crippen LogP contribution in [0.4, 0.5) is 0 Å². The van der Waals surface area contributed by atoms with Crippen molar-refractivity contribution in [3.05, 3.63) is 29.8 Å². The van der Waals surface area contributed by atoms with Crippen molar-refractivity contribution < 1.29 is 9.53 Å². The molecule has 0 radical (unpaired) electrons. The van der Waals surface area contributed by atoms with Crippen LogP contribution in [0.5, 0.6) is 5.75 Å². The summed E-state index contributed by atoms with van der Waals surface area (Å²) in [7, 11) is 0. The molecule has 0 spiro atoms. The Balaban J connectivity index is 1.79. The van der Waals surface area contributed by atoms with Crippen LogP contribution in [0, 0.1) is 5.92 Å². The Morgan fingerprint density at radius 1 is 1.17 bits per heavy atom. The average Bonchev–Trinajstić information content (AvgIpc) is 3.08. The number of para-hydroxylation sites is 1. The van der Waals surface area contributed by atoms with E-state index in [1.165, 1.54) is 18.4 Å². The number of nitrogens with one attached hydrogen (secondary N) is 1. The summed E-state index contributed by atoms with van der Waals surface area (Å²) >= 11 is 0. The number of benzene rings is 1. The number of hydrogen-bond acceptors (Lipinski definition) is 3. The molecule has 0 aromatic heterocycles. The van der Waals surface area contributed by atoms with Gasteiger partial charge in [0.15, 0.2) is 0 Å². The molecule has 1 saturated heterocycles. The van der Waals surface area contributed by atoms with Crippen LogP contribution in [-0.2, 0) is 11.3 Å². The van der Waals surface area contributed by atoms with Gasteiger partial charge in [-0.3, -0.25) is 9.69 Å². The van der Waals surface area contributed by atoms with Gasteiger partial charge in [-0.2, -0.15) is 0 Å². The van der Waals surface area contributed by atoms with Gasteiger partial charge in [0, 0.05) is 24.7 Å². The van der Waals surface area contributed by atoms with Crippen LogP contribution in [0.25, 0.3) is 0 Å². The number of carbonyl (C=O) groups is 1. The molecule has 1 heterocycles. The van der Waals surface area contributed by atoms with Crippen LogP contribution in [0.3, 0.4) is 0 Å². The van der Waals surface area contributed by atoms with Crippen LogP contribution in [0.2, 0.25) is 0 Å². The molecule has 1 N–H and O–H groups in total. The number of rotatable bonds is 4. The maximum absolute atomic E-state index is 12.5. The molecular weight excluding hydrogens is 300 g/mol. The molecule has 1 aliphatic carbocycles. The zero-order chi connectivity index (χ0) is 16.8. The number of ether oxygens (including phenoxy) is 1. The molecule has 2 unspecified atom stereocenters. The maximum Gasteiger partial charge on any atom is 0.224 e. The summed E-state index contributed by atoms with van der Waals surface area (Å²) in [6, 6.07) is 8.70. The number of carbonyl (C=O) groups excluding carboxylic acids is 1. The second-order valence-corrected chi connectivity index (χ2v) is 6.97. The quantitative estimate of drug-likeness (QED) is 0.920. The van der Waals surface area contributed by atoms with Gasteiger partial charge in [-0.25, -0.2) is 0 Å². The van der Waals surface area contributed by atoms with E-state index in [9.17, 15) is 4.79 Å². The minimum absolute atomic E-state index is 0.155. The van der Waals surface area contributed by atoms with Crippen molar-refractivity contribution in [2.45, 2.75) is 58.0 Å². The Labute approximate surface area is 145 Å². The molecule has 1 aromatic carbocycles. The van der Waals surface area contributed by atoms with E-state index in [0.717, 1.165) is 51.1 Å². The van der Waals surface area contributed by atoms with E-state index < -0.39 is 0 Å². The van der Waals surface area contributed by atoms with Gasteiger partial charge in [0.25, 0.3) is 0 Å². The van der Waals surface area contributed by atoms with Crippen LogP contribution < -0.4 is 10.1 Å². The van der Waals surface area contributed by atoms with Crippen LogP contribution in [0.15, 0.2) is 24.3 Å². The summed E-state index contributed by atoms with van der Waals surface area (Å²) in [4.78, 5) is 15.1. The van der Waals surface area contributed by atoms with Gasteiger partial charge in [0.05, 0.1) is 12.5 Å². The second-order valence-electron chi connectivity index (χ2n) is 6.97. The average molecular weight is 330 g/mol. The van der Waals surface area contributed by atoms with E-state index in [0.29, 0.717) is 12.6 Å². The largest absolute Gasteiger partial charge is 0.494 e. The Kier molecular flexibility index (Phi) is 6.13. The minimum atomic E-state index is 0.155. The SMILES string of the molecule is CCOc1ccccc1CN1CCCCCNC(=O)C2CCCC21.